The highest BCUT2D eigenvalue weighted by Gasteiger charge is 2.29. The molecule has 0 unspecified atom stereocenters. The zero-order valence-corrected chi connectivity index (χ0v) is 11.8. The summed E-state index contributed by atoms with van der Waals surface area (Å²) in [5.74, 6) is -0.506. The van der Waals surface area contributed by atoms with Gasteiger partial charge in [0.15, 0.2) is 0 Å². The predicted octanol–water partition coefficient (Wildman–Crippen LogP) is 4.12. The molecule has 1 N–H and O–H groups in total. The molecule has 0 saturated heterocycles. The fourth-order valence-corrected chi connectivity index (χ4v) is 1.85. The standard InChI is InChI=1S/C15H10ClF3N2O/c16-13-4-2-1-3-12(13)14(22)21-20-9-10-5-7-11(8-6-10)15(17,18)19/h1-9H,(H,21,22)/b20-9+. The van der Waals surface area contributed by atoms with Gasteiger partial charge in [0.2, 0.25) is 0 Å². The lowest BCUT2D eigenvalue weighted by molar-refractivity contribution is -0.137. The lowest BCUT2D eigenvalue weighted by Gasteiger charge is -2.05. The number of hydrazone groups is 1. The van der Waals surface area contributed by atoms with Gasteiger partial charge in [0.1, 0.15) is 0 Å². The number of rotatable bonds is 3. The second-order valence-electron chi connectivity index (χ2n) is 4.30. The van der Waals surface area contributed by atoms with Crippen LogP contribution in [0.15, 0.2) is 53.6 Å². The second-order valence-corrected chi connectivity index (χ2v) is 4.71. The topological polar surface area (TPSA) is 41.5 Å². The van der Waals surface area contributed by atoms with E-state index in [9.17, 15) is 18.0 Å². The highest BCUT2D eigenvalue weighted by Crippen LogP contribution is 2.28. The van der Waals surface area contributed by atoms with Crippen LogP contribution >= 0.6 is 11.6 Å². The predicted molar refractivity (Wildman–Crippen MR) is 78.0 cm³/mol. The maximum Gasteiger partial charge on any atom is 0.416 e. The Labute approximate surface area is 129 Å². The zero-order chi connectivity index (χ0) is 16.2. The van der Waals surface area contributed by atoms with Gasteiger partial charge < -0.3 is 0 Å². The van der Waals surface area contributed by atoms with Crippen molar-refractivity contribution in [3.8, 4) is 0 Å². The molecule has 7 heteroatoms. The summed E-state index contributed by atoms with van der Waals surface area (Å²) in [6.07, 6.45) is -3.14. The average molecular weight is 327 g/mol. The van der Waals surface area contributed by atoms with Gasteiger partial charge in [-0.3, -0.25) is 4.79 Å². The molecule has 0 aromatic heterocycles. The highest BCUT2D eigenvalue weighted by atomic mass is 35.5. The number of benzene rings is 2. The Morgan fingerprint density at radius 2 is 1.73 bits per heavy atom. The van der Waals surface area contributed by atoms with E-state index in [0.29, 0.717) is 5.56 Å². The molecule has 0 fully saturated rings. The van der Waals surface area contributed by atoms with Crippen LogP contribution in [0.5, 0.6) is 0 Å². The third kappa shape index (κ3) is 4.08. The molecule has 1 amide bonds. The molecule has 2 aromatic rings. The van der Waals surface area contributed by atoms with Crippen molar-refractivity contribution in [1.29, 1.82) is 0 Å². The van der Waals surface area contributed by atoms with Crippen LogP contribution in [-0.2, 0) is 6.18 Å². The zero-order valence-electron chi connectivity index (χ0n) is 11.1. The number of hydrogen-bond donors (Lipinski definition) is 1. The number of carbonyl (C=O) groups is 1. The summed E-state index contributed by atoms with van der Waals surface area (Å²) in [7, 11) is 0. The minimum absolute atomic E-state index is 0.258. The number of hydrogen-bond acceptors (Lipinski definition) is 2. The number of alkyl halides is 3. The summed E-state index contributed by atoms with van der Waals surface area (Å²) in [6, 6.07) is 10.8. The van der Waals surface area contributed by atoms with Gasteiger partial charge in [-0.15, -0.1) is 0 Å². The molecule has 3 nitrogen and oxygen atoms in total. The van der Waals surface area contributed by atoms with Crippen LogP contribution in [0.25, 0.3) is 0 Å². The fraction of sp³-hybridized carbons (Fsp3) is 0.0667. The average Bonchev–Trinajstić information content (AvgIpc) is 2.47. The van der Waals surface area contributed by atoms with Crippen molar-refractivity contribution in [2.24, 2.45) is 5.10 Å². The summed E-state index contributed by atoms with van der Waals surface area (Å²) in [5, 5.41) is 3.97. The van der Waals surface area contributed by atoms with Crippen molar-refractivity contribution in [3.63, 3.8) is 0 Å². The molecule has 0 atom stereocenters. The van der Waals surface area contributed by atoms with Gasteiger partial charge in [0.05, 0.1) is 22.4 Å². The minimum atomic E-state index is -4.38. The first-order valence-corrected chi connectivity index (χ1v) is 6.51. The Balaban J connectivity index is 2.01. The first kappa shape index (κ1) is 16.0. The Morgan fingerprint density at radius 1 is 1.09 bits per heavy atom. The van der Waals surface area contributed by atoms with Crippen molar-refractivity contribution >= 4 is 23.7 Å². The maximum atomic E-state index is 12.4. The SMILES string of the molecule is O=C(N/N=C/c1ccc(C(F)(F)F)cc1)c1ccccc1Cl. The second kappa shape index (κ2) is 6.62. The Bertz CT molecular complexity index is 697. The molecular weight excluding hydrogens is 317 g/mol. The van der Waals surface area contributed by atoms with Crippen molar-refractivity contribution in [2.75, 3.05) is 0 Å². The van der Waals surface area contributed by atoms with Crippen molar-refractivity contribution in [3.05, 3.63) is 70.2 Å². The van der Waals surface area contributed by atoms with E-state index in [1.807, 2.05) is 0 Å². The van der Waals surface area contributed by atoms with Crippen molar-refractivity contribution in [1.82, 2.24) is 5.43 Å². The Morgan fingerprint density at radius 3 is 2.32 bits per heavy atom. The molecule has 0 saturated carbocycles. The van der Waals surface area contributed by atoms with E-state index in [0.717, 1.165) is 12.1 Å². The molecule has 0 bridgehead atoms. The first-order valence-electron chi connectivity index (χ1n) is 6.13. The molecule has 0 aliphatic carbocycles. The number of amides is 1. The van der Waals surface area contributed by atoms with Crippen LogP contribution in [0.1, 0.15) is 21.5 Å². The third-order valence-electron chi connectivity index (χ3n) is 2.74. The molecule has 0 radical (unpaired) electrons. The van der Waals surface area contributed by atoms with E-state index in [1.165, 1.54) is 24.4 Å². The summed E-state index contributed by atoms with van der Waals surface area (Å²) >= 11 is 5.86. The van der Waals surface area contributed by atoms with E-state index >= 15 is 0 Å². The van der Waals surface area contributed by atoms with Gasteiger partial charge in [-0.25, -0.2) is 5.43 Å². The van der Waals surface area contributed by atoms with Crippen LogP contribution in [-0.4, -0.2) is 12.1 Å². The molecule has 2 rings (SSSR count). The quantitative estimate of drug-likeness (QED) is 0.669. The smallest absolute Gasteiger partial charge is 0.267 e. The summed E-state index contributed by atoms with van der Waals surface area (Å²) < 4.78 is 37.2. The summed E-state index contributed by atoms with van der Waals surface area (Å²) in [6.45, 7) is 0. The molecular formula is C15H10ClF3N2O. The molecule has 0 spiro atoms. The van der Waals surface area contributed by atoms with Crippen LogP contribution in [0.3, 0.4) is 0 Å². The van der Waals surface area contributed by atoms with Crippen molar-refractivity contribution < 1.29 is 18.0 Å². The van der Waals surface area contributed by atoms with E-state index in [2.05, 4.69) is 10.5 Å². The van der Waals surface area contributed by atoms with Gasteiger partial charge in [0, 0.05) is 0 Å². The maximum absolute atomic E-state index is 12.4. The fourth-order valence-electron chi connectivity index (χ4n) is 1.63. The van der Waals surface area contributed by atoms with E-state index in [1.54, 1.807) is 18.2 Å². The number of nitrogens with zero attached hydrogens (tertiary/aromatic N) is 1. The largest absolute Gasteiger partial charge is 0.416 e. The lowest BCUT2D eigenvalue weighted by Crippen LogP contribution is -2.17. The molecule has 0 aliphatic heterocycles. The molecule has 2 aromatic carbocycles. The number of carbonyl (C=O) groups excluding carboxylic acids is 1. The van der Waals surface area contributed by atoms with Crippen molar-refractivity contribution in [2.45, 2.75) is 6.18 Å². The van der Waals surface area contributed by atoms with Gasteiger partial charge in [-0.1, -0.05) is 35.9 Å². The van der Waals surface area contributed by atoms with Gasteiger partial charge >= 0.3 is 6.18 Å². The first-order chi connectivity index (χ1) is 10.4. The normalized spacial score (nSPS) is 11.6. The molecule has 0 heterocycles. The van der Waals surface area contributed by atoms with Crippen LogP contribution < -0.4 is 5.43 Å². The van der Waals surface area contributed by atoms with Crippen LogP contribution in [0.2, 0.25) is 5.02 Å². The van der Waals surface area contributed by atoms with E-state index < -0.39 is 17.6 Å². The summed E-state index contributed by atoms with van der Waals surface area (Å²) in [5.41, 5.74) is 2.19. The molecule has 22 heavy (non-hydrogen) atoms. The van der Waals surface area contributed by atoms with Crippen LogP contribution in [0.4, 0.5) is 13.2 Å². The summed E-state index contributed by atoms with van der Waals surface area (Å²) in [4.78, 5) is 11.8. The Kier molecular flexibility index (Phi) is 4.82. The van der Waals surface area contributed by atoms with Gasteiger partial charge in [-0.05, 0) is 29.8 Å². The number of nitrogens with one attached hydrogen (secondary N) is 1. The Hall–Kier alpha value is -2.34. The van der Waals surface area contributed by atoms with Gasteiger partial charge in [-0.2, -0.15) is 18.3 Å². The van der Waals surface area contributed by atoms with E-state index in [-0.39, 0.29) is 10.6 Å². The minimum Gasteiger partial charge on any atom is -0.267 e. The molecule has 114 valence electrons. The molecule has 0 aliphatic rings. The third-order valence-corrected chi connectivity index (χ3v) is 3.07. The number of halogens is 4. The van der Waals surface area contributed by atoms with Crippen LogP contribution in [0, 0.1) is 0 Å². The van der Waals surface area contributed by atoms with E-state index in [4.69, 9.17) is 11.6 Å². The lowest BCUT2D eigenvalue weighted by atomic mass is 10.1. The monoisotopic (exact) mass is 326 g/mol. The highest BCUT2D eigenvalue weighted by molar-refractivity contribution is 6.33. The van der Waals surface area contributed by atoms with Gasteiger partial charge in [0.25, 0.3) is 5.91 Å².